The van der Waals surface area contributed by atoms with Gasteiger partial charge in [0.2, 0.25) is 0 Å². The van der Waals surface area contributed by atoms with Crippen LogP contribution in [0.15, 0.2) is 16.5 Å². The summed E-state index contributed by atoms with van der Waals surface area (Å²) in [4.78, 5) is 4.37. The van der Waals surface area contributed by atoms with Gasteiger partial charge in [-0.15, -0.1) is 11.3 Å². The second-order valence-electron chi connectivity index (χ2n) is 4.75. The summed E-state index contributed by atoms with van der Waals surface area (Å²) < 4.78 is 0. The van der Waals surface area contributed by atoms with Crippen molar-refractivity contribution in [1.82, 2.24) is 10.3 Å². The van der Waals surface area contributed by atoms with E-state index in [1.807, 2.05) is 5.51 Å². The minimum absolute atomic E-state index is 0.782. The number of hydrogen-bond donors (Lipinski definition) is 1. The zero-order chi connectivity index (χ0) is 11.9. The molecule has 1 aromatic heterocycles. The maximum absolute atomic E-state index is 4.37. The van der Waals surface area contributed by atoms with Crippen LogP contribution in [-0.4, -0.2) is 18.1 Å². The van der Waals surface area contributed by atoms with Crippen LogP contribution >= 0.6 is 11.3 Å². The Hall–Kier alpha value is -0.670. The van der Waals surface area contributed by atoms with Crippen LogP contribution in [0.5, 0.6) is 0 Å². The van der Waals surface area contributed by atoms with E-state index in [0.717, 1.165) is 24.7 Å². The van der Waals surface area contributed by atoms with Crippen molar-refractivity contribution in [1.29, 1.82) is 0 Å². The number of aromatic nitrogens is 1. The quantitative estimate of drug-likeness (QED) is 0.861. The van der Waals surface area contributed by atoms with Crippen LogP contribution in [0.4, 0.5) is 0 Å². The van der Waals surface area contributed by atoms with Gasteiger partial charge in [-0.25, -0.2) is 4.98 Å². The summed E-state index contributed by atoms with van der Waals surface area (Å²) in [6.07, 6.45) is 9.23. The summed E-state index contributed by atoms with van der Waals surface area (Å²) in [7, 11) is 0. The molecule has 1 fully saturated rings. The van der Waals surface area contributed by atoms with E-state index in [-0.39, 0.29) is 0 Å². The first-order chi connectivity index (χ1) is 8.40. The molecule has 1 aliphatic rings. The predicted octanol–water partition coefficient (Wildman–Crippen LogP) is 3.72. The van der Waals surface area contributed by atoms with Gasteiger partial charge in [0, 0.05) is 11.9 Å². The number of thiazole rings is 1. The molecule has 1 N–H and O–H groups in total. The van der Waals surface area contributed by atoms with Gasteiger partial charge >= 0.3 is 0 Å². The molecule has 1 saturated carbocycles. The highest BCUT2D eigenvalue weighted by Crippen LogP contribution is 2.30. The summed E-state index contributed by atoms with van der Waals surface area (Å²) in [5.41, 5.74) is 4.60. The largest absolute Gasteiger partial charge is 0.313 e. The van der Waals surface area contributed by atoms with E-state index in [0.29, 0.717) is 0 Å². The second kappa shape index (κ2) is 6.92. The molecule has 0 atom stereocenters. The minimum Gasteiger partial charge on any atom is -0.313 e. The molecular formula is C14H22N2S. The molecule has 0 saturated heterocycles. The van der Waals surface area contributed by atoms with E-state index in [1.165, 1.54) is 32.1 Å². The van der Waals surface area contributed by atoms with Crippen molar-refractivity contribution >= 4 is 17.4 Å². The van der Waals surface area contributed by atoms with Crippen LogP contribution in [0, 0.1) is 5.92 Å². The van der Waals surface area contributed by atoms with Crippen molar-refractivity contribution in [3.63, 3.8) is 0 Å². The average molecular weight is 250 g/mol. The Bertz CT molecular complexity index is 337. The number of nitrogens with zero attached hydrogens (tertiary/aromatic N) is 1. The van der Waals surface area contributed by atoms with Crippen molar-refractivity contribution in [3.05, 3.63) is 22.2 Å². The lowest BCUT2D eigenvalue weighted by Gasteiger charge is -2.24. The molecule has 2 rings (SSSR count). The zero-order valence-corrected chi connectivity index (χ0v) is 11.4. The molecule has 0 radical (unpaired) electrons. The van der Waals surface area contributed by atoms with E-state index in [1.54, 1.807) is 16.9 Å². The lowest BCUT2D eigenvalue weighted by molar-refractivity contribution is 0.397. The SMILES string of the molecule is CCNCC(=Cc1cscn1)C1CCCCC1. The Morgan fingerprint density at radius 3 is 2.94 bits per heavy atom. The molecule has 2 nitrogen and oxygen atoms in total. The number of hydrogen-bond acceptors (Lipinski definition) is 3. The monoisotopic (exact) mass is 250 g/mol. The topological polar surface area (TPSA) is 24.9 Å². The number of likely N-dealkylation sites (N-methyl/N-ethyl adjacent to an activating group) is 1. The van der Waals surface area contributed by atoms with Crippen molar-refractivity contribution in [3.8, 4) is 0 Å². The van der Waals surface area contributed by atoms with Gasteiger partial charge in [0.15, 0.2) is 0 Å². The number of rotatable bonds is 5. The van der Waals surface area contributed by atoms with Gasteiger partial charge in [-0.3, -0.25) is 0 Å². The highest BCUT2D eigenvalue weighted by atomic mass is 32.1. The first-order valence-corrected chi connectivity index (χ1v) is 7.63. The van der Waals surface area contributed by atoms with Gasteiger partial charge in [0.05, 0.1) is 11.2 Å². The van der Waals surface area contributed by atoms with Gasteiger partial charge in [-0.2, -0.15) is 0 Å². The van der Waals surface area contributed by atoms with E-state index in [4.69, 9.17) is 0 Å². The van der Waals surface area contributed by atoms with Crippen LogP contribution in [0.2, 0.25) is 0 Å². The highest BCUT2D eigenvalue weighted by molar-refractivity contribution is 7.07. The maximum atomic E-state index is 4.37. The average Bonchev–Trinajstić information content (AvgIpc) is 2.88. The zero-order valence-electron chi connectivity index (χ0n) is 10.6. The van der Waals surface area contributed by atoms with Gasteiger partial charge in [0.25, 0.3) is 0 Å². The fourth-order valence-electron chi connectivity index (χ4n) is 2.54. The molecule has 0 unspecified atom stereocenters. The third-order valence-corrected chi connectivity index (χ3v) is 4.10. The van der Waals surface area contributed by atoms with Gasteiger partial charge in [-0.05, 0) is 31.4 Å². The van der Waals surface area contributed by atoms with Crippen LogP contribution in [0.3, 0.4) is 0 Å². The van der Waals surface area contributed by atoms with Crippen LogP contribution in [0.25, 0.3) is 6.08 Å². The summed E-state index contributed by atoms with van der Waals surface area (Å²) in [5.74, 6) is 0.782. The molecule has 0 spiro atoms. The predicted molar refractivity (Wildman–Crippen MR) is 75.2 cm³/mol. The van der Waals surface area contributed by atoms with Crippen molar-refractivity contribution in [2.24, 2.45) is 5.92 Å². The molecular weight excluding hydrogens is 228 g/mol. The van der Waals surface area contributed by atoms with Crippen molar-refractivity contribution < 1.29 is 0 Å². The molecule has 0 amide bonds. The Labute approximate surface area is 108 Å². The molecule has 0 aliphatic heterocycles. The first kappa shape index (κ1) is 12.8. The van der Waals surface area contributed by atoms with Crippen molar-refractivity contribution in [2.75, 3.05) is 13.1 Å². The normalized spacial score (nSPS) is 18.5. The standard InChI is InChI=1S/C14H22N2S/c1-2-15-9-13(8-14-10-17-11-16-14)12-6-4-3-5-7-12/h8,10-12,15H,2-7,9H2,1H3. The first-order valence-electron chi connectivity index (χ1n) is 6.69. The van der Waals surface area contributed by atoms with Crippen LogP contribution in [-0.2, 0) is 0 Å². The van der Waals surface area contributed by atoms with E-state index < -0.39 is 0 Å². The van der Waals surface area contributed by atoms with Gasteiger partial charge in [0.1, 0.15) is 0 Å². The molecule has 0 aromatic carbocycles. The molecule has 1 heterocycles. The minimum atomic E-state index is 0.782. The van der Waals surface area contributed by atoms with Gasteiger partial charge < -0.3 is 5.32 Å². The Morgan fingerprint density at radius 2 is 2.29 bits per heavy atom. The smallest absolute Gasteiger partial charge is 0.0798 e. The van der Waals surface area contributed by atoms with Crippen LogP contribution in [0.1, 0.15) is 44.7 Å². The van der Waals surface area contributed by atoms with E-state index in [9.17, 15) is 0 Å². The van der Waals surface area contributed by atoms with E-state index >= 15 is 0 Å². The number of nitrogens with one attached hydrogen (secondary N) is 1. The fourth-order valence-corrected chi connectivity index (χ4v) is 3.05. The van der Waals surface area contributed by atoms with Crippen LogP contribution < -0.4 is 5.32 Å². The third-order valence-electron chi connectivity index (χ3n) is 3.49. The molecule has 17 heavy (non-hydrogen) atoms. The fraction of sp³-hybridized carbons (Fsp3) is 0.643. The van der Waals surface area contributed by atoms with Crippen molar-refractivity contribution in [2.45, 2.75) is 39.0 Å². The highest BCUT2D eigenvalue weighted by Gasteiger charge is 2.17. The maximum Gasteiger partial charge on any atom is 0.0798 e. The summed E-state index contributed by atoms with van der Waals surface area (Å²) in [5, 5.41) is 5.60. The second-order valence-corrected chi connectivity index (χ2v) is 5.47. The summed E-state index contributed by atoms with van der Waals surface area (Å²) >= 11 is 1.68. The molecule has 1 aliphatic carbocycles. The Morgan fingerprint density at radius 1 is 1.47 bits per heavy atom. The molecule has 1 aromatic rings. The molecule has 0 bridgehead atoms. The molecule has 94 valence electrons. The van der Waals surface area contributed by atoms with Gasteiger partial charge in [-0.1, -0.05) is 31.8 Å². The molecule has 3 heteroatoms. The summed E-state index contributed by atoms with van der Waals surface area (Å²) in [6.45, 7) is 4.24. The lowest BCUT2D eigenvalue weighted by atomic mass is 9.83. The third kappa shape index (κ3) is 3.93. The Balaban J connectivity index is 2.06. The Kier molecular flexibility index (Phi) is 5.20. The lowest BCUT2D eigenvalue weighted by Crippen LogP contribution is -2.22. The summed E-state index contributed by atoms with van der Waals surface area (Å²) in [6, 6.07) is 0. The van der Waals surface area contributed by atoms with E-state index in [2.05, 4.69) is 28.7 Å².